The summed E-state index contributed by atoms with van der Waals surface area (Å²) in [5.41, 5.74) is 17.1. The van der Waals surface area contributed by atoms with Crippen LogP contribution in [-0.2, 0) is 41.6 Å². The molecule has 326 valence electrons. The predicted molar refractivity (Wildman–Crippen MR) is 229 cm³/mol. The summed E-state index contributed by atoms with van der Waals surface area (Å²) in [6.07, 6.45) is 7.01. The first-order chi connectivity index (χ1) is 28.9. The number of hydrogen-bond donors (Lipinski definition) is 7. The van der Waals surface area contributed by atoms with E-state index in [9.17, 15) is 28.8 Å². The van der Waals surface area contributed by atoms with Crippen molar-refractivity contribution in [1.29, 1.82) is 0 Å². The largest absolute Gasteiger partial charge is 0.361 e. The molecule has 2 aliphatic rings. The number of para-hydroxylation sites is 1. The van der Waals surface area contributed by atoms with E-state index in [0.717, 1.165) is 22.0 Å². The Kier molecular flexibility index (Phi) is 16.6. The average molecular weight is 829 g/mol. The second-order valence-electron chi connectivity index (χ2n) is 16.3. The Bertz CT molecular complexity index is 1940. The van der Waals surface area contributed by atoms with Crippen molar-refractivity contribution in [3.05, 3.63) is 71.9 Å². The molecule has 5 rings (SSSR count). The van der Waals surface area contributed by atoms with E-state index in [4.69, 9.17) is 17.3 Å². The summed E-state index contributed by atoms with van der Waals surface area (Å²) in [7, 11) is 1.54. The molecule has 2 saturated heterocycles. The predicted octanol–water partition coefficient (Wildman–Crippen LogP) is 1.61. The molecule has 10 N–H and O–H groups in total. The van der Waals surface area contributed by atoms with Crippen LogP contribution in [0.5, 0.6) is 0 Å². The Hall–Kier alpha value is -5.32. The molecule has 3 aromatic rings. The van der Waals surface area contributed by atoms with E-state index < -0.39 is 65.8 Å². The minimum atomic E-state index is -1.03. The van der Waals surface area contributed by atoms with E-state index in [2.05, 4.69) is 21.0 Å². The molecule has 0 aliphatic carbocycles. The maximum atomic E-state index is 14.6. The number of nitrogens with two attached hydrogens (primary N) is 3. The number of hydrogen-bond acceptors (Lipinski definition) is 9. The summed E-state index contributed by atoms with van der Waals surface area (Å²) in [5.74, 6) is 2.52. The highest BCUT2D eigenvalue weighted by atomic mass is 16.2. The first kappa shape index (κ1) is 45.8. The summed E-state index contributed by atoms with van der Waals surface area (Å²) in [6, 6.07) is 11.5. The van der Waals surface area contributed by atoms with Crippen LogP contribution in [-0.4, -0.2) is 118 Å². The Balaban J connectivity index is 1.34. The quantitative estimate of drug-likeness (QED) is 0.0402. The van der Waals surface area contributed by atoms with Gasteiger partial charge in [0.1, 0.15) is 30.2 Å². The summed E-state index contributed by atoms with van der Waals surface area (Å²) in [6.45, 7) is 4.84. The number of amides is 6. The van der Waals surface area contributed by atoms with Gasteiger partial charge in [-0.1, -0.05) is 68.8 Å². The highest BCUT2D eigenvalue weighted by Crippen LogP contribution is 2.25. The van der Waals surface area contributed by atoms with E-state index in [-0.39, 0.29) is 31.1 Å². The molecule has 6 amide bonds. The van der Waals surface area contributed by atoms with Gasteiger partial charge in [0.15, 0.2) is 0 Å². The van der Waals surface area contributed by atoms with Crippen molar-refractivity contribution in [1.82, 2.24) is 35.7 Å². The van der Waals surface area contributed by atoms with Crippen molar-refractivity contribution in [2.75, 3.05) is 26.7 Å². The number of piperidine rings is 1. The van der Waals surface area contributed by atoms with Crippen molar-refractivity contribution in [3.63, 3.8) is 0 Å². The molecule has 1 aromatic heterocycles. The van der Waals surface area contributed by atoms with Gasteiger partial charge in [-0.25, -0.2) is 5.84 Å². The molecule has 0 bridgehead atoms. The number of likely N-dealkylation sites (tertiary alicyclic amines) is 2. The molecule has 0 saturated carbocycles. The molecule has 1 unspecified atom stereocenters. The third-order valence-electron chi connectivity index (χ3n) is 12.2. The first-order valence-electron chi connectivity index (χ1n) is 21.4. The topological polar surface area (TPSA) is 242 Å². The van der Waals surface area contributed by atoms with Crippen molar-refractivity contribution < 1.29 is 28.8 Å². The van der Waals surface area contributed by atoms with Gasteiger partial charge in [0.05, 0.1) is 6.04 Å². The average Bonchev–Trinajstić information content (AvgIpc) is 3.94. The second kappa shape index (κ2) is 21.8. The van der Waals surface area contributed by atoms with Gasteiger partial charge in [0.25, 0.3) is 5.91 Å². The number of unbranched alkanes of at least 4 members (excludes halogenated alkanes) is 1. The van der Waals surface area contributed by atoms with Crippen LogP contribution < -0.4 is 33.4 Å². The Labute approximate surface area is 352 Å². The number of fused-ring (bicyclic) bond motifs is 1. The summed E-state index contributed by atoms with van der Waals surface area (Å²) < 4.78 is 0. The SMILES string of the molecule is CCC(C)[C@H](NC(=O)[C@H](N)Cc1c[nH]c2ccccc12)C(=O)N1CCCC[C@@H]1C(=O)N[C@@H](CCCCN)C(=O)N(C)[C@H](Cc1ccccc1)C(=O)N1CCC[C@H]1C(=O)NN. The minimum absolute atomic E-state index is 0.178. The molecule has 60 heavy (non-hydrogen) atoms. The molecule has 0 spiro atoms. The van der Waals surface area contributed by atoms with Crippen LogP contribution in [0.4, 0.5) is 0 Å². The van der Waals surface area contributed by atoms with Crippen molar-refractivity contribution in [2.45, 2.75) is 121 Å². The molecule has 16 nitrogen and oxygen atoms in total. The van der Waals surface area contributed by atoms with Crippen LogP contribution in [0.1, 0.15) is 82.8 Å². The van der Waals surface area contributed by atoms with Crippen LogP contribution in [0.15, 0.2) is 60.8 Å². The number of hydrazine groups is 1. The van der Waals surface area contributed by atoms with Crippen molar-refractivity contribution >= 4 is 46.3 Å². The lowest BCUT2D eigenvalue weighted by molar-refractivity contribution is -0.150. The summed E-state index contributed by atoms with van der Waals surface area (Å²) in [5, 5.41) is 6.88. The van der Waals surface area contributed by atoms with Gasteiger partial charge in [-0.05, 0) is 87.4 Å². The normalized spacial score (nSPS) is 19.2. The van der Waals surface area contributed by atoms with Gasteiger partial charge in [-0.2, -0.15) is 0 Å². The number of carbonyl (C=O) groups is 6. The minimum Gasteiger partial charge on any atom is -0.361 e. The monoisotopic (exact) mass is 829 g/mol. The molecular formula is C44H64N10O6. The number of benzene rings is 2. The molecule has 0 radical (unpaired) electrons. The van der Waals surface area contributed by atoms with E-state index in [0.29, 0.717) is 71.0 Å². The molecule has 7 atom stereocenters. The van der Waals surface area contributed by atoms with Crippen molar-refractivity contribution in [3.8, 4) is 0 Å². The number of carbonyl (C=O) groups excluding carboxylic acids is 6. The number of likely N-dealkylation sites (N-methyl/N-ethyl adjacent to an activating group) is 1. The fraction of sp³-hybridized carbons (Fsp3) is 0.545. The highest BCUT2D eigenvalue weighted by Gasteiger charge is 2.42. The zero-order valence-corrected chi connectivity index (χ0v) is 35.2. The zero-order valence-electron chi connectivity index (χ0n) is 35.2. The smallest absolute Gasteiger partial charge is 0.256 e. The van der Waals surface area contributed by atoms with E-state index in [1.54, 1.807) is 7.05 Å². The van der Waals surface area contributed by atoms with Crippen LogP contribution in [0.3, 0.4) is 0 Å². The fourth-order valence-corrected chi connectivity index (χ4v) is 8.46. The number of aromatic amines is 1. The standard InChI is InChI=1S/C44H64N10O6/c1-4-28(2)38(50-39(55)32(46)26-30-27-48-33-18-9-8-17-31(30)33)44(60)54-23-13-11-20-35(54)40(56)49-34(19-10-12-22-45)42(58)52(3)37(25-29-15-6-5-7-16-29)43(59)53-24-14-21-36(53)41(57)51-47/h5-9,15-18,27-28,32,34-38,48H,4,10-14,19-26,45-47H2,1-3H3,(H,49,56)(H,50,55)(H,51,57)/t28?,32-,34+,35-,36+,37-,38+/m1/s1. The lowest BCUT2D eigenvalue weighted by atomic mass is 9.93. The zero-order chi connectivity index (χ0) is 43.3. The lowest BCUT2D eigenvalue weighted by Gasteiger charge is -2.39. The van der Waals surface area contributed by atoms with E-state index >= 15 is 0 Å². The number of rotatable bonds is 19. The molecule has 2 fully saturated rings. The van der Waals surface area contributed by atoms with E-state index in [1.807, 2.05) is 74.6 Å². The Morgan fingerprint density at radius 1 is 0.850 bits per heavy atom. The van der Waals surface area contributed by atoms with Crippen LogP contribution in [0.2, 0.25) is 0 Å². The van der Waals surface area contributed by atoms with Gasteiger partial charge >= 0.3 is 0 Å². The van der Waals surface area contributed by atoms with E-state index in [1.165, 1.54) is 14.7 Å². The summed E-state index contributed by atoms with van der Waals surface area (Å²) in [4.78, 5) is 91.6. The van der Waals surface area contributed by atoms with Crippen LogP contribution in [0, 0.1) is 5.92 Å². The maximum absolute atomic E-state index is 14.6. The molecule has 16 heteroatoms. The van der Waals surface area contributed by atoms with Crippen LogP contribution in [0.25, 0.3) is 10.9 Å². The fourth-order valence-electron chi connectivity index (χ4n) is 8.46. The Morgan fingerprint density at radius 2 is 1.52 bits per heavy atom. The van der Waals surface area contributed by atoms with Gasteiger partial charge in [-0.15, -0.1) is 0 Å². The van der Waals surface area contributed by atoms with Gasteiger partial charge in [0.2, 0.25) is 29.5 Å². The van der Waals surface area contributed by atoms with Gasteiger partial charge < -0.3 is 41.8 Å². The third-order valence-corrected chi connectivity index (χ3v) is 12.2. The molecule has 2 aliphatic heterocycles. The lowest BCUT2D eigenvalue weighted by Crippen LogP contribution is -2.62. The number of H-pyrrole nitrogens is 1. The summed E-state index contributed by atoms with van der Waals surface area (Å²) >= 11 is 0. The second-order valence-corrected chi connectivity index (χ2v) is 16.3. The Morgan fingerprint density at radius 3 is 2.23 bits per heavy atom. The highest BCUT2D eigenvalue weighted by molar-refractivity contribution is 5.97. The maximum Gasteiger partial charge on any atom is 0.256 e. The van der Waals surface area contributed by atoms with Gasteiger partial charge in [-0.3, -0.25) is 34.2 Å². The van der Waals surface area contributed by atoms with Crippen LogP contribution >= 0.6 is 0 Å². The number of nitrogens with one attached hydrogen (secondary N) is 4. The number of nitrogens with zero attached hydrogens (tertiary/aromatic N) is 3. The molecule has 2 aromatic carbocycles. The third kappa shape index (κ3) is 11.1. The number of aromatic nitrogens is 1. The molecular weight excluding hydrogens is 765 g/mol. The van der Waals surface area contributed by atoms with Gasteiger partial charge in [0, 0.05) is 43.7 Å². The molecule has 3 heterocycles. The van der Waals surface area contributed by atoms with Crippen molar-refractivity contribution in [2.24, 2.45) is 23.2 Å². The first-order valence-corrected chi connectivity index (χ1v) is 21.4.